The number of aromatic amines is 1. The quantitative estimate of drug-likeness (QED) is 0.794. The molecule has 1 aromatic rings. The van der Waals surface area contributed by atoms with E-state index < -0.39 is 0 Å². The number of nitrogens with one attached hydrogen (secondary N) is 2. The van der Waals surface area contributed by atoms with Crippen LogP contribution in [0.1, 0.15) is 55.6 Å². The normalized spacial score (nSPS) is 27.8. The average molecular weight is 247 g/mol. The van der Waals surface area contributed by atoms with Crippen LogP contribution in [0.25, 0.3) is 0 Å². The van der Waals surface area contributed by atoms with E-state index in [0.717, 1.165) is 36.0 Å². The second-order valence-corrected chi connectivity index (χ2v) is 5.77. The Morgan fingerprint density at radius 1 is 1.33 bits per heavy atom. The van der Waals surface area contributed by atoms with Crippen molar-refractivity contribution in [2.45, 2.75) is 51.5 Å². The van der Waals surface area contributed by atoms with Crippen LogP contribution in [0.2, 0.25) is 0 Å². The molecule has 0 aromatic carbocycles. The van der Waals surface area contributed by atoms with Crippen LogP contribution in [0.4, 0.5) is 0 Å². The fourth-order valence-electron chi connectivity index (χ4n) is 3.25. The molecule has 0 amide bonds. The maximum absolute atomic E-state index is 12.1. The van der Waals surface area contributed by atoms with Gasteiger partial charge in [0.2, 0.25) is 0 Å². The van der Waals surface area contributed by atoms with Gasteiger partial charge in [-0.25, -0.2) is 4.98 Å². The molecule has 2 unspecified atom stereocenters. The first-order valence-electron chi connectivity index (χ1n) is 7.06. The van der Waals surface area contributed by atoms with Crippen LogP contribution in [-0.2, 0) is 13.0 Å². The van der Waals surface area contributed by atoms with E-state index in [-0.39, 0.29) is 5.56 Å². The Labute approximate surface area is 107 Å². The van der Waals surface area contributed by atoms with Crippen LogP contribution < -0.4 is 10.9 Å². The molecule has 18 heavy (non-hydrogen) atoms. The van der Waals surface area contributed by atoms with Gasteiger partial charge in [0.25, 0.3) is 5.56 Å². The van der Waals surface area contributed by atoms with Crippen molar-refractivity contribution < 1.29 is 0 Å². The number of nitrogens with zero attached hydrogens (tertiary/aromatic N) is 1. The van der Waals surface area contributed by atoms with Crippen molar-refractivity contribution in [3.63, 3.8) is 0 Å². The minimum Gasteiger partial charge on any atom is -0.312 e. The first-order valence-corrected chi connectivity index (χ1v) is 7.06. The van der Waals surface area contributed by atoms with Crippen LogP contribution in [0, 0.1) is 5.92 Å². The second kappa shape index (κ2) is 4.84. The van der Waals surface area contributed by atoms with Gasteiger partial charge in [0.05, 0.1) is 11.3 Å². The molecule has 2 N–H and O–H groups in total. The summed E-state index contributed by atoms with van der Waals surface area (Å²) in [6, 6.07) is 0. The second-order valence-electron chi connectivity index (χ2n) is 5.77. The van der Waals surface area contributed by atoms with Crippen molar-refractivity contribution in [2.24, 2.45) is 5.92 Å². The standard InChI is InChI=1S/C14H21N3O/c1-9-3-2-4-10(7-9)13-16-12-5-6-15-8-11(12)14(18)17-13/h9-10,15H,2-8H2,1H3,(H,16,17,18). The van der Waals surface area contributed by atoms with Crippen molar-refractivity contribution in [1.82, 2.24) is 15.3 Å². The topological polar surface area (TPSA) is 57.8 Å². The summed E-state index contributed by atoms with van der Waals surface area (Å²) < 4.78 is 0. The summed E-state index contributed by atoms with van der Waals surface area (Å²) in [6.07, 6.45) is 5.79. The molecule has 4 heteroatoms. The van der Waals surface area contributed by atoms with Gasteiger partial charge >= 0.3 is 0 Å². The van der Waals surface area contributed by atoms with Gasteiger partial charge in [0, 0.05) is 25.4 Å². The molecule has 2 aliphatic rings. The molecule has 0 spiro atoms. The zero-order valence-electron chi connectivity index (χ0n) is 11.0. The van der Waals surface area contributed by atoms with E-state index in [9.17, 15) is 4.79 Å². The van der Waals surface area contributed by atoms with E-state index in [1.54, 1.807) is 0 Å². The molecule has 0 saturated heterocycles. The van der Waals surface area contributed by atoms with Crippen LogP contribution in [0.15, 0.2) is 4.79 Å². The summed E-state index contributed by atoms with van der Waals surface area (Å²) in [4.78, 5) is 19.8. The van der Waals surface area contributed by atoms with E-state index in [2.05, 4.69) is 17.2 Å². The molecule has 98 valence electrons. The summed E-state index contributed by atoms with van der Waals surface area (Å²) in [5.41, 5.74) is 1.93. The lowest BCUT2D eigenvalue weighted by atomic mass is 9.82. The van der Waals surface area contributed by atoms with Gasteiger partial charge in [0.1, 0.15) is 5.82 Å². The van der Waals surface area contributed by atoms with Crippen molar-refractivity contribution >= 4 is 0 Å². The molecule has 0 radical (unpaired) electrons. The maximum atomic E-state index is 12.1. The number of rotatable bonds is 1. The third-order valence-electron chi connectivity index (χ3n) is 4.28. The lowest BCUT2D eigenvalue weighted by Gasteiger charge is -2.27. The molecule has 0 bridgehead atoms. The van der Waals surface area contributed by atoms with Gasteiger partial charge < -0.3 is 10.3 Å². The lowest BCUT2D eigenvalue weighted by Crippen LogP contribution is -2.33. The smallest absolute Gasteiger partial charge is 0.255 e. The zero-order valence-corrected chi connectivity index (χ0v) is 11.0. The number of hydrogen-bond acceptors (Lipinski definition) is 3. The summed E-state index contributed by atoms with van der Waals surface area (Å²) in [7, 11) is 0. The van der Waals surface area contributed by atoms with Crippen molar-refractivity contribution in [3.05, 3.63) is 27.4 Å². The number of aromatic nitrogens is 2. The van der Waals surface area contributed by atoms with E-state index >= 15 is 0 Å². The molecular formula is C14H21N3O. The molecule has 2 heterocycles. The summed E-state index contributed by atoms with van der Waals surface area (Å²) in [5.74, 6) is 2.15. The van der Waals surface area contributed by atoms with Crippen LogP contribution in [0.3, 0.4) is 0 Å². The molecule has 2 atom stereocenters. The van der Waals surface area contributed by atoms with E-state index in [1.807, 2.05) is 0 Å². The highest BCUT2D eigenvalue weighted by Gasteiger charge is 2.24. The SMILES string of the molecule is CC1CCCC(c2nc3c(c(=O)[nH]2)CNCC3)C1. The van der Waals surface area contributed by atoms with E-state index in [0.29, 0.717) is 12.5 Å². The molecule has 1 aliphatic heterocycles. The van der Waals surface area contributed by atoms with Crippen LogP contribution in [0.5, 0.6) is 0 Å². The third-order valence-corrected chi connectivity index (χ3v) is 4.28. The van der Waals surface area contributed by atoms with Gasteiger partial charge in [-0.2, -0.15) is 0 Å². The minimum atomic E-state index is 0.0698. The first-order chi connectivity index (χ1) is 8.74. The Bertz CT molecular complexity index is 494. The molecule has 1 saturated carbocycles. The Hall–Kier alpha value is -1.16. The Morgan fingerprint density at radius 2 is 2.22 bits per heavy atom. The van der Waals surface area contributed by atoms with Crippen molar-refractivity contribution in [1.29, 1.82) is 0 Å². The van der Waals surface area contributed by atoms with Gasteiger partial charge in [-0.05, 0) is 18.8 Å². The van der Waals surface area contributed by atoms with Gasteiger partial charge in [-0.1, -0.05) is 19.8 Å². The summed E-state index contributed by atoms with van der Waals surface area (Å²) in [5, 5.41) is 3.23. The highest BCUT2D eigenvalue weighted by atomic mass is 16.1. The van der Waals surface area contributed by atoms with Gasteiger partial charge in [-0.3, -0.25) is 4.79 Å². The Morgan fingerprint density at radius 3 is 3.06 bits per heavy atom. The van der Waals surface area contributed by atoms with Crippen LogP contribution >= 0.6 is 0 Å². The number of H-pyrrole nitrogens is 1. The zero-order chi connectivity index (χ0) is 12.5. The molecule has 1 aliphatic carbocycles. The number of fused-ring (bicyclic) bond motifs is 1. The first kappa shape index (κ1) is 11.9. The fraction of sp³-hybridized carbons (Fsp3) is 0.714. The minimum absolute atomic E-state index is 0.0698. The molecular weight excluding hydrogens is 226 g/mol. The molecule has 4 nitrogen and oxygen atoms in total. The highest BCUT2D eigenvalue weighted by Crippen LogP contribution is 2.34. The molecule has 1 fully saturated rings. The van der Waals surface area contributed by atoms with Crippen LogP contribution in [-0.4, -0.2) is 16.5 Å². The monoisotopic (exact) mass is 247 g/mol. The predicted octanol–water partition coefficient (Wildman–Crippen LogP) is 1.71. The largest absolute Gasteiger partial charge is 0.312 e. The summed E-state index contributed by atoms with van der Waals surface area (Å²) >= 11 is 0. The van der Waals surface area contributed by atoms with E-state index in [4.69, 9.17) is 4.98 Å². The Balaban J connectivity index is 1.93. The predicted molar refractivity (Wildman–Crippen MR) is 70.6 cm³/mol. The third kappa shape index (κ3) is 2.21. The molecule has 3 rings (SSSR count). The Kier molecular flexibility index (Phi) is 3.20. The highest BCUT2D eigenvalue weighted by molar-refractivity contribution is 5.21. The fourth-order valence-corrected chi connectivity index (χ4v) is 3.25. The van der Waals surface area contributed by atoms with Gasteiger partial charge in [-0.15, -0.1) is 0 Å². The molecule has 1 aromatic heterocycles. The van der Waals surface area contributed by atoms with E-state index in [1.165, 1.54) is 25.7 Å². The summed E-state index contributed by atoms with van der Waals surface area (Å²) in [6.45, 7) is 3.90. The maximum Gasteiger partial charge on any atom is 0.255 e. The van der Waals surface area contributed by atoms with Gasteiger partial charge in [0.15, 0.2) is 0 Å². The van der Waals surface area contributed by atoms with Crippen molar-refractivity contribution in [2.75, 3.05) is 6.54 Å². The number of hydrogen-bond donors (Lipinski definition) is 2. The average Bonchev–Trinajstić information content (AvgIpc) is 2.39. The van der Waals surface area contributed by atoms with Crippen molar-refractivity contribution in [3.8, 4) is 0 Å². The lowest BCUT2D eigenvalue weighted by molar-refractivity contribution is 0.334.